The van der Waals surface area contributed by atoms with Crippen LogP contribution in [0.4, 0.5) is 11.4 Å². The number of hydrogen-bond acceptors (Lipinski definition) is 20. The Labute approximate surface area is 570 Å². The third kappa shape index (κ3) is 23.8. The first-order valence-electron chi connectivity index (χ1n) is 25.9. The van der Waals surface area contributed by atoms with Gasteiger partial charge in [0.05, 0.1) is 55.4 Å². The molecule has 0 aliphatic carbocycles. The smallest absolute Gasteiger partial charge is 1.00 e. The summed E-state index contributed by atoms with van der Waals surface area (Å²) < 4.78 is 95.1. The largest absolute Gasteiger partial charge is 1.00 e. The minimum atomic E-state index is -3.68. The zero-order chi connectivity index (χ0) is 57.7. The Morgan fingerprint density at radius 3 is 1.54 bits per heavy atom. The monoisotopic (exact) mass is 1260 g/mol. The van der Waals surface area contributed by atoms with E-state index in [-0.39, 0.29) is 141 Å². The molecule has 438 valence electrons. The third-order valence-electron chi connectivity index (χ3n) is 13.5. The molecule has 0 radical (unpaired) electrons. The van der Waals surface area contributed by atoms with E-state index in [0.717, 1.165) is 85.3 Å². The standard InChI is InChI=1S/C24H35N3O4S2.C19H26N2O6S3.C7H14O.C2H3N.CH2O3.2K.H/c1-4-20-18-31-14-13-25(20)16-22-17-26(33(29,30)23-6-5-15-32-23)11-12-27(22)21-9-7-19(8-10-21)24(2,3)28;1-19(2,22)15-6-8-16(9-7-15)21-11-10-20(13-17(21)14-27-29(3,23)24)30(25,26)18-5-4-12-28-18;1-2-7-4-3-5-8-6-7;1-2-3;2-1-4-3;;;/h5-10,15,20,22,28H,4,11-14,16-18H2,1-3H3;4-9,12,17,22H,10-11,13-14H2,1-3H3;7H,2-6H2,1H3;1H3;1,3H;;;/q;;;;;2*+1;-1/p-1/t20?,22-;17-;;;;;;/m01....../s1. The molecule has 0 bridgehead atoms. The van der Waals surface area contributed by atoms with E-state index in [1.54, 1.807) is 79.8 Å². The van der Waals surface area contributed by atoms with E-state index in [9.17, 15) is 35.5 Å². The normalized spacial score (nSPS) is 20.4. The summed E-state index contributed by atoms with van der Waals surface area (Å²) in [6, 6.07) is 23.6. The second-order valence-corrected chi connectivity index (χ2v) is 27.9. The van der Waals surface area contributed by atoms with Gasteiger partial charge in [-0.15, -0.1) is 22.7 Å². The van der Waals surface area contributed by atoms with Gasteiger partial charge in [0.2, 0.25) is 0 Å². The zero-order valence-electron chi connectivity index (χ0n) is 49.0. The molecule has 20 nitrogen and oxygen atoms in total. The second kappa shape index (κ2) is 36.3. The molecule has 27 heteroatoms. The van der Waals surface area contributed by atoms with Gasteiger partial charge in [-0.1, -0.05) is 56.7 Å². The predicted octanol–water partition coefficient (Wildman–Crippen LogP) is -0.295. The molecule has 8 rings (SSSR count). The van der Waals surface area contributed by atoms with E-state index < -0.39 is 47.4 Å². The van der Waals surface area contributed by atoms with Crippen LogP contribution in [0, 0.1) is 17.2 Å². The summed E-state index contributed by atoms with van der Waals surface area (Å²) >= 11 is 2.42. The maximum absolute atomic E-state index is 13.3. The maximum Gasteiger partial charge on any atom is 1.00 e. The molecule has 4 saturated heterocycles. The number of carbonyl (C=O) groups is 1. The predicted molar refractivity (Wildman–Crippen MR) is 302 cm³/mol. The van der Waals surface area contributed by atoms with Crippen molar-refractivity contribution in [3.63, 3.8) is 0 Å². The van der Waals surface area contributed by atoms with Gasteiger partial charge < -0.3 is 41.1 Å². The summed E-state index contributed by atoms with van der Waals surface area (Å²) in [6.07, 6.45) is 5.93. The van der Waals surface area contributed by atoms with Crippen molar-refractivity contribution in [3.8, 4) is 6.07 Å². The van der Waals surface area contributed by atoms with Gasteiger partial charge in [0.25, 0.3) is 36.6 Å². The van der Waals surface area contributed by atoms with Crippen molar-refractivity contribution in [1.82, 2.24) is 13.5 Å². The van der Waals surface area contributed by atoms with Crippen LogP contribution < -0.4 is 118 Å². The number of thiophene rings is 2. The molecule has 0 spiro atoms. The van der Waals surface area contributed by atoms with Crippen LogP contribution in [0.3, 0.4) is 0 Å². The van der Waals surface area contributed by atoms with Gasteiger partial charge in [0.1, 0.15) is 8.42 Å². The molecular formula is C53H80K2N6O14S5. The van der Waals surface area contributed by atoms with Crippen LogP contribution in [-0.2, 0) is 64.7 Å². The van der Waals surface area contributed by atoms with Crippen LogP contribution in [0.5, 0.6) is 0 Å². The number of benzene rings is 2. The van der Waals surface area contributed by atoms with E-state index >= 15 is 0 Å². The number of morpholine rings is 1. The first-order chi connectivity index (χ1) is 36.8. The van der Waals surface area contributed by atoms with Crippen molar-refractivity contribution in [2.75, 3.05) is 101 Å². The van der Waals surface area contributed by atoms with Crippen molar-refractivity contribution in [2.24, 2.45) is 5.92 Å². The number of carbonyl (C=O) groups excluding carboxylic acids is 1. The number of hydrogen-bond donors (Lipinski definition) is 2. The topological polar surface area (TPSA) is 260 Å². The van der Waals surface area contributed by atoms with Gasteiger partial charge >= 0.3 is 103 Å². The molecule has 6 heterocycles. The van der Waals surface area contributed by atoms with E-state index in [1.165, 1.54) is 41.8 Å². The molecule has 2 aromatic carbocycles. The Bertz CT molecular complexity index is 2770. The molecule has 4 atom stereocenters. The van der Waals surface area contributed by atoms with Crippen molar-refractivity contribution >= 4 is 70.7 Å². The average molecular weight is 1260 g/mol. The molecule has 4 aromatic rings. The number of aliphatic hydroxyl groups is 2. The molecule has 0 amide bonds. The molecule has 2 aromatic heterocycles. The number of rotatable bonds is 16. The number of nitriles is 1. The molecule has 0 saturated carbocycles. The fraction of sp³-hybridized carbons (Fsp3) is 0.585. The Morgan fingerprint density at radius 2 is 1.18 bits per heavy atom. The first kappa shape index (κ1) is 75.3. The summed E-state index contributed by atoms with van der Waals surface area (Å²) in [5.74, 6) is 0.865. The van der Waals surface area contributed by atoms with Gasteiger partial charge in [-0.3, -0.25) is 13.9 Å². The Morgan fingerprint density at radius 1 is 0.725 bits per heavy atom. The maximum atomic E-state index is 13.3. The fourth-order valence-electron chi connectivity index (χ4n) is 9.17. The van der Waals surface area contributed by atoms with Crippen LogP contribution >= 0.6 is 22.7 Å². The van der Waals surface area contributed by atoms with Gasteiger partial charge in [-0.25, -0.2) is 16.8 Å². The van der Waals surface area contributed by atoms with E-state index in [1.807, 2.05) is 46.7 Å². The number of ether oxygens (including phenoxy) is 2. The summed E-state index contributed by atoms with van der Waals surface area (Å²) in [5, 5.41) is 39.7. The van der Waals surface area contributed by atoms with E-state index in [2.05, 4.69) is 28.5 Å². The molecular weight excluding hydrogens is 1180 g/mol. The summed E-state index contributed by atoms with van der Waals surface area (Å²) in [5.41, 5.74) is 1.59. The Kier molecular flexibility index (Phi) is 34.2. The van der Waals surface area contributed by atoms with Crippen LogP contribution in [0.2, 0.25) is 0 Å². The van der Waals surface area contributed by atoms with Crippen molar-refractivity contribution in [1.29, 1.82) is 5.26 Å². The van der Waals surface area contributed by atoms with Crippen molar-refractivity contribution in [3.05, 3.63) is 94.7 Å². The minimum absolute atomic E-state index is 0. The summed E-state index contributed by atoms with van der Waals surface area (Å²) in [4.78, 5) is 18.0. The van der Waals surface area contributed by atoms with Crippen LogP contribution in [0.25, 0.3) is 0 Å². The van der Waals surface area contributed by atoms with Gasteiger partial charge in [-0.2, -0.15) is 22.3 Å². The number of nitrogens with zero attached hydrogens (tertiary/aromatic N) is 6. The van der Waals surface area contributed by atoms with E-state index in [0.29, 0.717) is 43.0 Å². The first-order valence-corrected chi connectivity index (χ1v) is 32.3. The number of anilines is 2. The Hall–Kier alpha value is -0.837. The molecule has 4 fully saturated rings. The minimum Gasteiger partial charge on any atom is -1.00 e. The molecule has 2 N–H and O–H groups in total. The van der Waals surface area contributed by atoms with Crippen molar-refractivity contribution < 1.29 is 168 Å². The number of piperazine rings is 2. The number of sulfonamides is 2. The zero-order valence-corrected chi connectivity index (χ0v) is 58.3. The Balaban J connectivity index is 0.000000628. The van der Waals surface area contributed by atoms with E-state index in [4.69, 9.17) is 29.0 Å². The summed E-state index contributed by atoms with van der Waals surface area (Å²) in [7, 11) is -10.8. The van der Waals surface area contributed by atoms with Gasteiger partial charge in [-0.05, 0) is 111 Å². The molecule has 4 aliphatic rings. The van der Waals surface area contributed by atoms with Crippen molar-refractivity contribution in [2.45, 2.75) is 112 Å². The SMILES string of the molecule is CC#N.CC(C)(O)c1ccc(N2CCN(S(=O)(=O)c3cccs3)C[C@@H]2COS(C)(=O)=O)cc1.CCC1CCCOC1.CCC1COCCN1C[C@H]1CN(S(=O)(=O)c2cccs2)CCN1c1ccc(C(C)(C)O)cc1.O=CO[O-].[H-].[K+].[K+]. The third-order valence-corrected chi connectivity index (χ3v) is 20.5. The van der Waals surface area contributed by atoms with Crippen LogP contribution in [0.1, 0.15) is 86.7 Å². The molecule has 4 aliphatic heterocycles. The van der Waals surface area contributed by atoms with Crippen LogP contribution in [0.15, 0.2) is 92.0 Å². The second-order valence-electron chi connectivity index (χ2n) is 20.0. The quantitative estimate of drug-likeness (QED) is 0.0480. The molecule has 2 unspecified atom stereocenters. The molecule has 80 heavy (non-hydrogen) atoms. The van der Waals surface area contributed by atoms with Gasteiger partial charge in [0.15, 0.2) is 0 Å². The van der Waals surface area contributed by atoms with Gasteiger partial charge in [0, 0.05) is 89.9 Å². The average Bonchev–Trinajstić information content (AvgIpc) is 4.21. The van der Waals surface area contributed by atoms with Crippen LogP contribution in [-0.4, -0.2) is 165 Å². The summed E-state index contributed by atoms with van der Waals surface area (Å²) in [6.45, 7) is 19.8. The fourth-order valence-corrected chi connectivity index (χ4v) is 14.8.